The fourth-order valence-corrected chi connectivity index (χ4v) is 1.97. The molecule has 1 heterocycles. The Labute approximate surface area is 115 Å². The van der Waals surface area contributed by atoms with Crippen molar-refractivity contribution in [1.82, 2.24) is 9.88 Å². The summed E-state index contributed by atoms with van der Waals surface area (Å²) >= 11 is 0. The minimum Gasteiger partial charge on any atom is -0.493 e. The minimum absolute atomic E-state index is 0.149. The molecule has 0 unspecified atom stereocenters. The van der Waals surface area contributed by atoms with Crippen LogP contribution in [-0.2, 0) is 6.54 Å². The summed E-state index contributed by atoms with van der Waals surface area (Å²) in [5, 5.41) is 9.12. The van der Waals surface area contributed by atoms with Gasteiger partial charge in [0.25, 0.3) is 0 Å². The summed E-state index contributed by atoms with van der Waals surface area (Å²) in [7, 11) is 3.23. The Morgan fingerprint density at radius 1 is 1.26 bits per heavy atom. The summed E-state index contributed by atoms with van der Waals surface area (Å²) in [6.45, 7) is 4.54. The van der Waals surface area contributed by atoms with Crippen molar-refractivity contribution in [3.8, 4) is 11.5 Å². The minimum atomic E-state index is 0.149. The Kier molecular flexibility index (Phi) is 7.22. The lowest BCUT2D eigenvalue weighted by Crippen LogP contribution is -2.28. The van der Waals surface area contributed by atoms with Crippen molar-refractivity contribution in [3.05, 3.63) is 18.0 Å². The summed E-state index contributed by atoms with van der Waals surface area (Å²) in [6, 6.07) is 1.78. The van der Waals surface area contributed by atoms with Gasteiger partial charge in [0.1, 0.15) is 5.69 Å². The molecule has 0 radical (unpaired) electrons. The highest BCUT2D eigenvalue weighted by molar-refractivity contribution is 5.42. The van der Waals surface area contributed by atoms with Crippen molar-refractivity contribution in [2.75, 3.05) is 33.9 Å². The number of aliphatic hydroxyl groups excluding tert-OH is 1. The van der Waals surface area contributed by atoms with Crippen molar-refractivity contribution in [2.24, 2.45) is 0 Å². The smallest absolute Gasteiger partial charge is 0.183 e. The lowest BCUT2D eigenvalue weighted by atomic mass is 10.2. The second kappa shape index (κ2) is 8.72. The van der Waals surface area contributed by atoms with Crippen LogP contribution in [0, 0.1) is 0 Å². The molecule has 0 aliphatic heterocycles. The lowest BCUT2D eigenvalue weighted by molar-refractivity contribution is 0.185. The first kappa shape index (κ1) is 15.7. The highest BCUT2D eigenvalue weighted by Gasteiger charge is 2.14. The van der Waals surface area contributed by atoms with Crippen LogP contribution >= 0.6 is 0 Å². The first-order valence-electron chi connectivity index (χ1n) is 6.65. The molecular weight excluding hydrogens is 244 g/mol. The number of aromatic nitrogens is 1. The van der Waals surface area contributed by atoms with Gasteiger partial charge in [-0.25, -0.2) is 0 Å². The third kappa shape index (κ3) is 4.69. The van der Waals surface area contributed by atoms with E-state index < -0.39 is 0 Å². The normalized spacial score (nSPS) is 10.8. The zero-order chi connectivity index (χ0) is 14.1. The molecule has 0 amide bonds. The van der Waals surface area contributed by atoms with E-state index >= 15 is 0 Å². The Bertz CT molecular complexity index is 372. The molecule has 0 aliphatic carbocycles. The Hall–Kier alpha value is -1.33. The van der Waals surface area contributed by atoms with Crippen molar-refractivity contribution in [3.63, 3.8) is 0 Å². The molecule has 0 saturated heterocycles. The van der Waals surface area contributed by atoms with Gasteiger partial charge in [0.15, 0.2) is 11.5 Å². The van der Waals surface area contributed by atoms with Gasteiger partial charge in [-0.15, -0.1) is 0 Å². The molecule has 0 aromatic carbocycles. The highest BCUT2D eigenvalue weighted by atomic mass is 16.5. The van der Waals surface area contributed by atoms with Crippen LogP contribution in [0.15, 0.2) is 12.3 Å². The number of aliphatic hydroxyl groups is 1. The van der Waals surface area contributed by atoms with E-state index in [-0.39, 0.29) is 6.61 Å². The van der Waals surface area contributed by atoms with Crippen LogP contribution in [-0.4, -0.2) is 48.9 Å². The fraction of sp³-hybridized carbons (Fsp3) is 0.643. The third-order valence-corrected chi connectivity index (χ3v) is 2.98. The summed E-state index contributed by atoms with van der Waals surface area (Å²) in [4.78, 5) is 6.53. The van der Waals surface area contributed by atoms with Crippen LogP contribution in [0.2, 0.25) is 0 Å². The Morgan fingerprint density at radius 3 is 2.63 bits per heavy atom. The van der Waals surface area contributed by atoms with Gasteiger partial charge in [0, 0.05) is 25.4 Å². The van der Waals surface area contributed by atoms with E-state index in [1.165, 1.54) is 0 Å². The molecule has 1 N–H and O–H groups in total. The number of nitrogens with zero attached hydrogens (tertiary/aromatic N) is 2. The predicted octanol–water partition coefficient (Wildman–Crippen LogP) is 1.69. The summed E-state index contributed by atoms with van der Waals surface area (Å²) in [6.07, 6.45) is 3.95. The molecular formula is C14H24N2O3. The summed E-state index contributed by atoms with van der Waals surface area (Å²) in [5.74, 6) is 1.36. The van der Waals surface area contributed by atoms with Gasteiger partial charge in [-0.3, -0.25) is 9.88 Å². The molecule has 1 aromatic heterocycles. The number of pyridine rings is 1. The standard InChI is InChI=1S/C14H24N2O3/c1-4-5-8-16(9-10-17)11-12-14(19-3)13(18-2)6-7-15-12/h6-7,17H,4-5,8-11H2,1-3H3. The molecule has 19 heavy (non-hydrogen) atoms. The van der Waals surface area contributed by atoms with Crippen LogP contribution in [0.5, 0.6) is 11.5 Å². The number of methoxy groups -OCH3 is 2. The van der Waals surface area contributed by atoms with Crippen LogP contribution < -0.4 is 9.47 Å². The van der Waals surface area contributed by atoms with E-state index in [2.05, 4.69) is 16.8 Å². The fourth-order valence-electron chi connectivity index (χ4n) is 1.97. The van der Waals surface area contributed by atoms with Gasteiger partial charge in [0.05, 0.1) is 20.8 Å². The zero-order valence-electron chi connectivity index (χ0n) is 12.1. The first-order valence-corrected chi connectivity index (χ1v) is 6.65. The van der Waals surface area contributed by atoms with E-state index in [0.29, 0.717) is 24.6 Å². The van der Waals surface area contributed by atoms with Gasteiger partial charge in [-0.2, -0.15) is 0 Å². The van der Waals surface area contributed by atoms with Gasteiger partial charge in [-0.1, -0.05) is 13.3 Å². The molecule has 0 aliphatic rings. The molecule has 1 rings (SSSR count). The number of unbranched alkanes of at least 4 members (excludes halogenated alkanes) is 1. The predicted molar refractivity (Wildman–Crippen MR) is 74.6 cm³/mol. The van der Waals surface area contributed by atoms with Gasteiger partial charge >= 0.3 is 0 Å². The average Bonchev–Trinajstić information content (AvgIpc) is 2.44. The van der Waals surface area contributed by atoms with Crippen molar-refractivity contribution in [2.45, 2.75) is 26.3 Å². The van der Waals surface area contributed by atoms with Crippen LogP contribution in [0.25, 0.3) is 0 Å². The SMILES string of the molecule is CCCCN(CCO)Cc1nccc(OC)c1OC. The summed E-state index contributed by atoms with van der Waals surface area (Å²) < 4.78 is 10.6. The van der Waals surface area contributed by atoms with E-state index in [0.717, 1.165) is 25.1 Å². The Morgan fingerprint density at radius 2 is 2.05 bits per heavy atom. The van der Waals surface area contributed by atoms with Gasteiger partial charge in [-0.05, 0) is 13.0 Å². The maximum absolute atomic E-state index is 9.12. The van der Waals surface area contributed by atoms with Crippen LogP contribution in [0.1, 0.15) is 25.5 Å². The second-order valence-corrected chi connectivity index (χ2v) is 4.35. The van der Waals surface area contributed by atoms with Crippen molar-refractivity contribution < 1.29 is 14.6 Å². The van der Waals surface area contributed by atoms with Gasteiger partial charge in [0.2, 0.25) is 0 Å². The number of rotatable bonds is 9. The van der Waals surface area contributed by atoms with Crippen molar-refractivity contribution >= 4 is 0 Å². The molecule has 0 saturated carbocycles. The molecule has 5 heteroatoms. The number of hydrogen-bond acceptors (Lipinski definition) is 5. The monoisotopic (exact) mass is 268 g/mol. The molecule has 108 valence electrons. The molecule has 0 atom stereocenters. The third-order valence-electron chi connectivity index (χ3n) is 2.98. The Balaban J connectivity index is 2.82. The van der Waals surface area contributed by atoms with Crippen LogP contribution in [0.4, 0.5) is 0 Å². The van der Waals surface area contributed by atoms with E-state index in [1.807, 2.05) is 0 Å². The highest BCUT2D eigenvalue weighted by Crippen LogP contribution is 2.29. The average molecular weight is 268 g/mol. The number of ether oxygens (including phenoxy) is 2. The maximum Gasteiger partial charge on any atom is 0.183 e. The maximum atomic E-state index is 9.12. The van der Waals surface area contributed by atoms with E-state index in [4.69, 9.17) is 14.6 Å². The molecule has 0 spiro atoms. The lowest BCUT2D eigenvalue weighted by Gasteiger charge is -2.22. The van der Waals surface area contributed by atoms with E-state index in [9.17, 15) is 0 Å². The first-order chi connectivity index (χ1) is 9.26. The molecule has 0 fully saturated rings. The van der Waals surface area contributed by atoms with Crippen molar-refractivity contribution in [1.29, 1.82) is 0 Å². The molecule has 0 bridgehead atoms. The second-order valence-electron chi connectivity index (χ2n) is 4.35. The summed E-state index contributed by atoms with van der Waals surface area (Å²) in [5.41, 5.74) is 0.839. The topological polar surface area (TPSA) is 54.8 Å². The largest absolute Gasteiger partial charge is 0.493 e. The van der Waals surface area contributed by atoms with Gasteiger partial charge < -0.3 is 14.6 Å². The number of hydrogen-bond donors (Lipinski definition) is 1. The molecule has 5 nitrogen and oxygen atoms in total. The van der Waals surface area contributed by atoms with Crippen LogP contribution in [0.3, 0.4) is 0 Å². The molecule has 1 aromatic rings. The van der Waals surface area contributed by atoms with E-state index in [1.54, 1.807) is 26.5 Å². The quantitative estimate of drug-likeness (QED) is 0.738. The zero-order valence-corrected chi connectivity index (χ0v) is 12.1.